The van der Waals surface area contributed by atoms with Crippen LogP contribution in [0.5, 0.6) is 0 Å². The number of hydrogen-bond donors (Lipinski definition) is 3. The maximum Gasteiger partial charge on any atom is 0.407 e. The SMILES string of the molecule is CC(C)C[C@@H](C(=O)NN1C(=O)NC2(CCN(C(=O)O)CC2)C1=O)[C@H](CCCc1ccccc1)C(=O)OC(C)(C)C. The van der Waals surface area contributed by atoms with Crippen molar-refractivity contribution in [2.75, 3.05) is 13.1 Å². The van der Waals surface area contributed by atoms with E-state index in [9.17, 15) is 29.1 Å². The number of carbonyl (C=O) groups is 5. The third kappa shape index (κ3) is 7.73. The lowest BCUT2D eigenvalue weighted by molar-refractivity contribution is -0.165. The molecule has 2 aliphatic heterocycles. The lowest BCUT2D eigenvalue weighted by atomic mass is 9.81. The molecule has 11 heteroatoms. The normalized spacial score (nSPS) is 18.4. The molecule has 1 aromatic rings. The Hall–Kier alpha value is -3.63. The second kappa shape index (κ2) is 12.7. The first-order valence-corrected chi connectivity index (χ1v) is 13.9. The highest BCUT2D eigenvalue weighted by Crippen LogP contribution is 2.31. The van der Waals surface area contributed by atoms with Crippen molar-refractivity contribution in [2.45, 2.75) is 84.3 Å². The molecular formula is C29H42N4O7. The smallest absolute Gasteiger partial charge is 0.407 e. The zero-order valence-electron chi connectivity index (χ0n) is 24.1. The highest BCUT2D eigenvalue weighted by molar-refractivity contribution is 6.08. The summed E-state index contributed by atoms with van der Waals surface area (Å²) in [5.74, 6) is -3.29. The summed E-state index contributed by atoms with van der Waals surface area (Å²) in [4.78, 5) is 65.8. The lowest BCUT2D eigenvalue weighted by Crippen LogP contribution is -2.57. The second-order valence-corrected chi connectivity index (χ2v) is 12.2. The Bertz CT molecular complexity index is 1090. The number of likely N-dealkylation sites (tertiary alicyclic amines) is 1. The number of nitrogens with one attached hydrogen (secondary N) is 2. The maximum atomic E-state index is 13.7. The van der Waals surface area contributed by atoms with Gasteiger partial charge < -0.3 is 20.1 Å². The van der Waals surface area contributed by atoms with E-state index in [0.29, 0.717) is 24.3 Å². The molecule has 0 aliphatic carbocycles. The van der Waals surface area contributed by atoms with Crippen molar-refractivity contribution in [3.63, 3.8) is 0 Å². The summed E-state index contributed by atoms with van der Waals surface area (Å²) in [6.07, 6.45) is 1.22. The second-order valence-electron chi connectivity index (χ2n) is 12.2. The molecule has 40 heavy (non-hydrogen) atoms. The van der Waals surface area contributed by atoms with Gasteiger partial charge in [-0.1, -0.05) is 44.2 Å². The predicted octanol–water partition coefficient (Wildman–Crippen LogP) is 3.73. The summed E-state index contributed by atoms with van der Waals surface area (Å²) in [7, 11) is 0. The summed E-state index contributed by atoms with van der Waals surface area (Å²) in [5, 5.41) is 12.6. The molecule has 2 aliphatic rings. The number of aryl methyl sites for hydroxylation is 1. The van der Waals surface area contributed by atoms with E-state index >= 15 is 0 Å². The van der Waals surface area contributed by atoms with Crippen LogP contribution in [-0.4, -0.2) is 69.2 Å². The first-order chi connectivity index (χ1) is 18.7. The number of benzene rings is 1. The number of carboxylic acid groups (broad SMARTS) is 1. The molecule has 5 amide bonds. The maximum absolute atomic E-state index is 13.7. The van der Waals surface area contributed by atoms with Crippen molar-refractivity contribution in [1.82, 2.24) is 20.7 Å². The van der Waals surface area contributed by atoms with E-state index in [2.05, 4.69) is 10.7 Å². The van der Waals surface area contributed by atoms with E-state index in [1.54, 1.807) is 20.8 Å². The predicted molar refractivity (Wildman–Crippen MR) is 147 cm³/mol. The van der Waals surface area contributed by atoms with Crippen LogP contribution in [0.25, 0.3) is 0 Å². The molecule has 0 saturated carbocycles. The number of rotatable bonds is 10. The Kier molecular flexibility index (Phi) is 9.81. The van der Waals surface area contributed by atoms with Gasteiger partial charge >= 0.3 is 18.1 Å². The fourth-order valence-corrected chi connectivity index (χ4v) is 5.33. The highest BCUT2D eigenvalue weighted by Gasteiger charge is 2.54. The molecule has 2 heterocycles. The Labute approximate surface area is 235 Å². The molecule has 3 rings (SSSR count). The van der Waals surface area contributed by atoms with Crippen LogP contribution in [0.15, 0.2) is 30.3 Å². The number of hydrogen-bond acceptors (Lipinski definition) is 6. The van der Waals surface area contributed by atoms with E-state index in [4.69, 9.17) is 4.74 Å². The van der Waals surface area contributed by atoms with Gasteiger partial charge in [0.1, 0.15) is 11.1 Å². The quantitative estimate of drug-likeness (QED) is 0.293. The molecule has 3 N–H and O–H groups in total. The number of amides is 5. The van der Waals surface area contributed by atoms with Crippen LogP contribution in [0.3, 0.4) is 0 Å². The summed E-state index contributed by atoms with van der Waals surface area (Å²) in [6, 6.07) is 9.08. The molecule has 2 fully saturated rings. The minimum atomic E-state index is -1.27. The van der Waals surface area contributed by atoms with Crippen LogP contribution in [-0.2, 0) is 25.5 Å². The summed E-state index contributed by atoms with van der Waals surface area (Å²) >= 11 is 0. The molecule has 220 valence electrons. The van der Waals surface area contributed by atoms with E-state index in [1.807, 2.05) is 44.2 Å². The summed E-state index contributed by atoms with van der Waals surface area (Å²) in [5.41, 5.74) is 1.58. The minimum absolute atomic E-state index is 0.0459. The Balaban J connectivity index is 1.78. The molecule has 0 bridgehead atoms. The van der Waals surface area contributed by atoms with Crippen LogP contribution in [0, 0.1) is 17.8 Å². The number of ether oxygens (including phenoxy) is 1. The highest BCUT2D eigenvalue weighted by atomic mass is 16.6. The van der Waals surface area contributed by atoms with Gasteiger partial charge in [0.15, 0.2) is 0 Å². The van der Waals surface area contributed by atoms with Gasteiger partial charge in [0.2, 0.25) is 5.91 Å². The standard InChI is InChI=1S/C29H42N4O7/c1-19(2)18-22(21(24(35)40-28(3,4)5)13-9-12-20-10-7-6-8-11-20)23(34)31-33-25(36)29(30-26(33)37)14-16-32(17-15-29)27(38)39/h6-8,10-11,19,21-22H,9,12-18H2,1-5H3,(H,30,37)(H,31,34)(H,38,39)/t21-,22+/m0/s1. The van der Waals surface area contributed by atoms with E-state index in [-0.39, 0.29) is 31.8 Å². The number of urea groups is 1. The molecule has 0 unspecified atom stereocenters. The van der Waals surface area contributed by atoms with Crippen LogP contribution in [0.2, 0.25) is 0 Å². The van der Waals surface area contributed by atoms with Crippen LogP contribution < -0.4 is 10.7 Å². The van der Waals surface area contributed by atoms with Crippen molar-refractivity contribution in [3.05, 3.63) is 35.9 Å². The van der Waals surface area contributed by atoms with Gasteiger partial charge in [0.05, 0.1) is 11.8 Å². The Morgan fingerprint density at radius 2 is 1.70 bits per heavy atom. The van der Waals surface area contributed by atoms with Gasteiger partial charge in [-0.3, -0.25) is 19.8 Å². The van der Waals surface area contributed by atoms with Crippen molar-refractivity contribution in [3.8, 4) is 0 Å². The van der Waals surface area contributed by atoms with E-state index < -0.39 is 52.9 Å². The van der Waals surface area contributed by atoms with Crippen molar-refractivity contribution >= 4 is 29.9 Å². The largest absolute Gasteiger partial charge is 0.465 e. The van der Waals surface area contributed by atoms with Gasteiger partial charge in [0, 0.05) is 13.1 Å². The number of imide groups is 1. The number of nitrogens with zero attached hydrogens (tertiary/aromatic N) is 2. The van der Waals surface area contributed by atoms with Gasteiger partial charge in [-0.05, 0) is 70.8 Å². The first kappa shape index (κ1) is 30.9. The first-order valence-electron chi connectivity index (χ1n) is 13.9. The number of carbonyl (C=O) groups excluding carboxylic acids is 4. The average molecular weight is 559 g/mol. The van der Waals surface area contributed by atoms with Gasteiger partial charge in [-0.15, -0.1) is 0 Å². The molecule has 2 saturated heterocycles. The molecule has 0 radical (unpaired) electrons. The average Bonchev–Trinajstić information content (AvgIpc) is 3.09. The lowest BCUT2D eigenvalue weighted by Gasteiger charge is -2.35. The van der Waals surface area contributed by atoms with Crippen molar-refractivity contribution in [2.24, 2.45) is 17.8 Å². The van der Waals surface area contributed by atoms with Gasteiger partial charge in [0.25, 0.3) is 5.91 Å². The number of hydrazine groups is 1. The molecule has 1 spiro atoms. The molecule has 0 aromatic heterocycles. The van der Waals surface area contributed by atoms with E-state index in [1.165, 1.54) is 4.90 Å². The number of piperidine rings is 1. The zero-order valence-corrected chi connectivity index (χ0v) is 24.1. The van der Waals surface area contributed by atoms with Crippen LogP contribution >= 0.6 is 0 Å². The minimum Gasteiger partial charge on any atom is -0.465 e. The third-order valence-electron chi connectivity index (χ3n) is 7.35. The Morgan fingerprint density at radius 3 is 2.25 bits per heavy atom. The fourth-order valence-electron chi connectivity index (χ4n) is 5.33. The van der Waals surface area contributed by atoms with Gasteiger partial charge in [-0.25, -0.2) is 9.59 Å². The summed E-state index contributed by atoms with van der Waals surface area (Å²) < 4.78 is 5.72. The molecule has 11 nitrogen and oxygen atoms in total. The van der Waals surface area contributed by atoms with Gasteiger partial charge in [-0.2, -0.15) is 5.01 Å². The molecule has 2 atom stereocenters. The van der Waals surface area contributed by atoms with Crippen molar-refractivity contribution in [1.29, 1.82) is 0 Å². The Morgan fingerprint density at radius 1 is 1.07 bits per heavy atom. The third-order valence-corrected chi connectivity index (χ3v) is 7.35. The van der Waals surface area contributed by atoms with Crippen LogP contribution in [0.1, 0.15) is 72.3 Å². The molecule has 1 aromatic carbocycles. The summed E-state index contributed by atoms with van der Waals surface area (Å²) in [6.45, 7) is 9.36. The topological polar surface area (TPSA) is 145 Å². The number of esters is 1. The zero-order chi connectivity index (χ0) is 29.7. The van der Waals surface area contributed by atoms with E-state index in [0.717, 1.165) is 12.0 Å². The van der Waals surface area contributed by atoms with Crippen LogP contribution in [0.4, 0.5) is 9.59 Å². The fraction of sp³-hybridized carbons (Fsp3) is 0.621. The monoisotopic (exact) mass is 558 g/mol. The molecular weight excluding hydrogens is 516 g/mol. The van der Waals surface area contributed by atoms with Crippen molar-refractivity contribution < 1.29 is 33.8 Å².